The van der Waals surface area contributed by atoms with Crippen LogP contribution in [0.25, 0.3) is 11.0 Å². The number of rotatable bonds is 5. The second-order valence-corrected chi connectivity index (χ2v) is 8.78. The lowest BCUT2D eigenvalue weighted by Gasteiger charge is -2.24. The van der Waals surface area contributed by atoms with Gasteiger partial charge in [0.05, 0.1) is 25.2 Å². The number of anilines is 1. The van der Waals surface area contributed by atoms with Crippen molar-refractivity contribution in [3.05, 3.63) is 73.5 Å². The summed E-state index contributed by atoms with van der Waals surface area (Å²) in [5.74, 6) is 0.350. The molecule has 168 valence electrons. The predicted octanol–water partition coefficient (Wildman–Crippen LogP) is 4.63. The van der Waals surface area contributed by atoms with Crippen LogP contribution < -0.4 is 19.8 Å². The molecule has 0 unspecified atom stereocenters. The molecule has 5 rings (SSSR count). The Labute approximate surface area is 197 Å². The van der Waals surface area contributed by atoms with Crippen molar-refractivity contribution in [2.45, 2.75) is 19.4 Å². The number of aryl methyl sites for hydroxylation is 1. The van der Waals surface area contributed by atoms with Crippen LogP contribution in [-0.4, -0.2) is 30.3 Å². The zero-order chi connectivity index (χ0) is 23.3. The maximum absolute atomic E-state index is 13.7. The van der Waals surface area contributed by atoms with Crippen LogP contribution in [0.15, 0.2) is 45.6 Å². The number of nitrogens with zero attached hydrogens (tertiary/aromatic N) is 3. The van der Waals surface area contributed by atoms with E-state index in [2.05, 4.69) is 10.2 Å². The van der Waals surface area contributed by atoms with Crippen LogP contribution in [0, 0.1) is 0 Å². The van der Waals surface area contributed by atoms with Crippen LogP contribution in [0.5, 0.6) is 11.5 Å². The summed E-state index contributed by atoms with van der Waals surface area (Å²) < 4.78 is 17.0. The summed E-state index contributed by atoms with van der Waals surface area (Å²) in [5, 5.41) is 10.2. The molecule has 0 fully saturated rings. The number of halogens is 1. The number of para-hydroxylation sites is 1. The molecule has 1 amide bonds. The third kappa shape index (κ3) is 3.27. The lowest BCUT2D eigenvalue weighted by atomic mass is 9.97. The summed E-state index contributed by atoms with van der Waals surface area (Å²) >= 11 is 7.43. The van der Waals surface area contributed by atoms with E-state index in [4.69, 9.17) is 25.5 Å². The molecule has 1 atom stereocenters. The first kappa shape index (κ1) is 21.4. The second kappa shape index (κ2) is 8.17. The lowest BCUT2D eigenvalue weighted by Crippen LogP contribution is -2.29. The minimum atomic E-state index is -0.852. The zero-order valence-electron chi connectivity index (χ0n) is 17.9. The van der Waals surface area contributed by atoms with Gasteiger partial charge in [0.25, 0.3) is 5.91 Å². The summed E-state index contributed by atoms with van der Waals surface area (Å²) in [6.45, 7) is 1.95. The molecule has 0 saturated carbocycles. The Morgan fingerprint density at radius 2 is 1.97 bits per heavy atom. The summed E-state index contributed by atoms with van der Waals surface area (Å²) in [5.41, 5.74) is 0.682. The van der Waals surface area contributed by atoms with Crippen molar-refractivity contribution in [2.24, 2.45) is 0 Å². The number of benzene rings is 2. The van der Waals surface area contributed by atoms with Crippen molar-refractivity contribution >= 4 is 44.9 Å². The van der Waals surface area contributed by atoms with Crippen LogP contribution in [0.1, 0.15) is 39.7 Å². The first-order chi connectivity index (χ1) is 16.0. The number of carbonyl (C=O) groups is 1. The van der Waals surface area contributed by atoms with Crippen molar-refractivity contribution in [1.82, 2.24) is 10.2 Å². The maximum atomic E-state index is 13.7. The van der Waals surface area contributed by atoms with Gasteiger partial charge in [-0.25, -0.2) is 0 Å². The first-order valence-electron chi connectivity index (χ1n) is 10.1. The molecule has 4 aromatic rings. The molecule has 0 saturated heterocycles. The van der Waals surface area contributed by atoms with Gasteiger partial charge in [-0.15, -0.1) is 10.2 Å². The highest BCUT2D eigenvalue weighted by molar-refractivity contribution is 7.15. The van der Waals surface area contributed by atoms with Gasteiger partial charge in [-0.1, -0.05) is 42.0 Å². The molecule has 33 heavy (non-hydrogen) atoms. The Morgan fingerprint density at radius 3 is 2.67 bits per heavy atom. The standard InChI is InChI=1S/C23H18ClN3O5S/c1-4-16-25-26-23(33-16)27-18(12-6-5-7-15(30-2)20(12)31-3)17-19(28)13-10-11(24)8-9-14(13)32-21(17)22(27)29/h5-10,18H,4H2,1-3H3/t18-/m1/s1. The fourth-order valence-corrected chi connectivity index (χ4v) is 5.03. The number of hydrogen-bond donors (Lipinski definition) is 0. The number of fused-ring (bicyclic) bond motifs is 2. The van der Waals surface area contributed by atoms with E-state index in [-0.39, 0.29) is 27.7 Å². The molecule has 0 bridgehead atoms. The lowest BCUT2D eigenvalue weighted by molar-refractivity contribution is 0.0970. The van der Waals surface area contributed by atoms with Crippen LogP contribution in [0.4, 0.5) is 5.13 Å². The van der Waals surface area contributed by atoms with Crippen LogP contribution in [-0.2, 0) is 6.42 Å². The van der Waals surface area contributed by atoms with E-state index >= 15 is 0 Å². The summed E-state index contributed by atoms with van der Waals surface area (Å²) in [6.07, 6.45) is 0.666. The largest absolute Gasteiger partial charge is 0.493 e. The summed E-state index contributed by atoms with van der Waals surface area (Å²) in [6, 6.07) is 9.17. The molecular weight excluding hydrogens is 466 g/mol. The molecule has 1 aliphatic rings. The van der Waals surface area contributed by atoms with Gasteiger partial charge in [-0.3, -0.25) is 14.5 Å². The summed E-state index contributed by atoms with van der Waals surface area (Å²) in [4.78, 5) is 28.8. The maximum Gasteiger partial charge on any atom is 0.297 e. The van der Waals surface area contributed by atoms with Gasteiger partial charge < -0.3 is 13.9 Å². The fraction of sp³-hybridized carbons (Fsp3) is 0.217. The molecular formula is C23H18ClN3O5S. The molecule has 0 radical (unpaired) electrons. The molecule has 3 heterocycles. The van der Waals surface area contributed by atoms with E-state index in [0.29, 0.717) is 33.6 Å². The molecule has 2 aromatic heterocycles. The van der Waals surface area contributed by atoms with Crippen molar-refractivity contribution in [3.8, 4) is 11.5 Å². The first-order valence-corrected chi connectivity index (χ1v) is 11.3. The number of aromatic nitrogens is 2. The van der Waals surface area contributed by atoms with Gasteiger partial charge in [0.15, 0.2) is 16.9 Å². The SMILES string of the molecule is CCc1nnc(N2C(=O)c3oc4ccc(Cl)cc4c(=O)c3[C@H]2c2cccc(OC)c2OC)s1. The molecule has 10 heteroatoms. The Bertz CT molecular complexity index is 1460. The van der Waals surface area contributed by atoms with Crippen molar-refractivity contribution < 1.29 is 18.7 Å². The number of carbonyl (C=O) groups excluding carboxylic acids is 1. The van der Waals surface area contributed by atoms with Gasteiger partial charge in [0.2, 0.25) is 10.9 Å². The number of amides is 1. The summed E-state index contributed by atoms with van der Waals surface area (Å²) in [7, 11) is 3.03. The zero-order valence-corrected chi connectivity index (χ0v) is 19.5. The van der Waals surface area contributed by atoms with Crippen molar-refractivity contribution in [3.63, 3.8) is 0 Å². The Kier molecular flexibility index (Phi) is 5.30. The van der Waals surface area contributed by atoms with Crippen LogP contribution >= 0.6 is 22.9 Å². The third-order valence-corrected chi connectivity index (χ3v) is 6.83. The normalized spacial score (nSPS) is 15.2. The average Bonchev–Trinajstić information content (AvgIpc) is 3.41. The van der Waals surface area contributed by atoms with E-state index < -0.39 is 11.9 Å². The second-order valence-electron chi connectivity index (χ2n) is 7.31. The van der Waals surface area contributed by atoms with Gasteiger partial charge in [-0.05, 0) is 30.7 Å². The Balaban J connectivity index is 1.84. The van der Waals surface area contributed by atoms with Gasteiger partial charge in [-0.2, -0.15) is 0 Å². The van der Waals surface area contributed by atoms with Crippen LogP contribution in [0.3, 0.4) is 0 Å². The van der Waals surface area contributed by atoms with E-state index in [1.165, 1.54) is 36.5 Å². The highest BCUT2D eigenvalue weighted by Crippen LogP contribution is 2.46. The Morgan fingerprint density at radius 1 is 1.15 bits per heavy atom. The van der Waals surface area contributed by atoms with Crippen molar-refractivity contribution in [1.29, 1.82) is 0 Å². The topological polar surface area (TPSA) is 94.8 Å². The number of ether oxygens (including phenoxy) is 2. The fourth-order valence-electron chi connectivity index (χ4n) is 4.05. The molecule has 1 aliphatic heterocycles. The predicted molar refractivity (Wildman–Crippen MR) is 125 cm³/mol. The van der Waals surface area contributed by atoms with E-state index in [0.717, 1.165) is 5.01 Å². The van der Waals surface area contributed by atoms with Crippen molar-refractivity contribution in [2.75, 3.05) is 19.1 Å². The van der Waals surface area contributed by atoms with Gasteiger partial charge >= 0.3 is 0 Å². The number of methoxy groups -OCH3 is 2. The molecule has 8 nitrogen and oxygen atoms in total. The monoisotopic (exact) mass is 483 g/mol. The molecule has 2 aromatic carbocycles. The Hall–Kier alpha value is -3.43. The van der Waals surface area contributed by atoms with Crippen LogP contribution in [0.2, 0.25) is 5.02 Å². The number of hydrogen-bond acceptors (Lipinski definition) is 8. The third-order valence-electron chi connectivity index (χ3n) is 5.52. The van der Waals surface area contributed by atoms with E-state index in [9.17, 15) is 9.59 Å². The molecule has 0 aliphatic carbocycles. The minimum absolute atomic E-state index is 0.0436. The smallest absolute Gasteiger partial charge is 0.297 e. The molecule has 0 spiro atoms. The highest BCUT2D eigenvalue weighted by Gasteiger charge is 2.46. The van der Waals surface area contributed by atoms with E-state index in [1.807, 2.05) is 6.92 Å². The minimum Gasteiger partial charge on any atom is -0.493 e. The van der Waals surface area contributed by atoms with E-state index in [1.54, 1.807) is 30.3 Å². The molecule has 0 N–H and O–H groups in total. The van der Waals surface area contributed by atoms with Gasteiger partial charge in [0, 0.05) is 10.6 Å². The quantitative estimate of drug-likeness (QED) is 0.408. The highest BCUT2D eigenvalue weighted by atomic mass is 35.5. The average molecular weight is 484 g/mol. The van der Waals surface area contributed by atoms with Gasteiger partial charge in [0.1, 0.15) is 16.6 Å².